The Morgan fingerprint density at radius 1 is 1.23 bits per heavy atom. The van der Waals surface area contributed by atoms with Crippen molar-refractivity contribution in [2.75, 3.05) is 18.4 Å². The van der Waals surface area contributed by atoms with Gasteiger partial charge in [0.05, 0.1) is 5.56 Å². The Labute approximate surface area is 130 Å². The summed E-state index contributed by atoms with van der Waals surface area (Å²) >= 11 is 0. The zero-order valence-electron chi connectivity index (χ0n) is 12.8. The first-order valence-corrected chi connectivity index (χ1v) is 7.93. The number of fused-ring (bicyclic) bond motifs is 2. The summed E-state index contributed by atoms with van der Waals surface area (Å²) in [6.07, 6.45) is 4.91. The zero-order chi connectivity index (χ0) is 15.7. The molecule has 3 rings (SSSR count). The van der Waals surface area contributed by atoms with Crippen LogP contribution < -0.4 is 5.32 Å². The number of hydrogen-bond acceptors (Lipinski definition) is 3. The Bertz CT molecular complexity index is 588. The number of nitrogens with one attached hydrogen (secondary N) is 1. The molecule has 5 heteroatoms. The number of carbonyl (C=O) groups is 2. The van der Waals surface area contributed by atoms with Crippen LogP contribution in [-0.2, 0) is 4.79 Å². The number of likely N-dealkylation sites (tertiary alicyclic amines) is 1. The molecule has 5 nitrogen and oxygen atoms in total. The van der Waals surface area contributed by atoms with Gasteiger partial charge in [-0.3, -0.25) is 9.59 Å². The highest BCUT2D eigenvalue weighted by atomic mass is 16.3. The highest BCUT2D eigenvalue weighted by molar-refractivity contribution is 5.98. The van der Waals surface area contributed by atoms with Gasteiger partial charge in [-0.05, 0) is 43.2 Å². The van der Waals surface area contributed by atoms with Gasteiger partial charge in [-0.25, -0.2) is 0 Å². The second-order valence-corrected chi connectivity index (χ2v) is 6.52. The number of anilines is 1. The Morgan fingerprint density at radius 2 is 1.91 bits per heavy atom. The number of phenolic OH excluding ortho intramolecular Hbond substituents is 1. The van der Waals surface area contributed by atoms with Crippen LogP contribution in [0.2, 0.25) is 0 Å². The molecule has 118 valence electrons. The summed E-state index contributed by atoms with van der Waals surface area (Å²) < 4.78 is 0. The van der Waals surface area contributed by atoms with Crippen molar-refractivity contribution in [3.05, 3.63) is 23.8 Å². The highest BCUT2D eigenvalue weighted by Crippen LogP contribution is 2.35. The van der Waals surface area contributed by atoms with Crippen LogP contribution in [-0.4, -0.2) is 34.9 Å². The van der Waals surface area contributed by atoms with E-state index in [0.29, 0.717) is 23.1 Å². The molecule has 0 aromatic heterocycles. The van der Waals surface area contributed by atoms with Crippen molar-refractivity contribution in [3.63, 3.8) is 0 Å². The average Bonchev–Trinajstić information content (AvgIpc) is 2.45. The van der Waals surface area contributed by atoms with Gasteiger partial charge in [0, 0.05) is 31.8 Å². The quantitative estimate of drug-likeness (QED) is 0.882. The molecule has 2 bridgehead atoms. The molecule has 1 aromatic rings. The molecular weight excluding hydrogens is 280 g/mol. The number of nitrogens with zero attached hydrogens (tertiary/aromatic N) is 1. The van der Waals surface area contributed by atoms with E-state index >= 15 is 0 Å². The predicted octanol–water partition coefficient (Wildman–Crippen LogP) is 2.61. The Morgan fingerprint density at radius 3 is 2.50 bits per heavy atom. The summed E-state index contributed by atoms with van der Waals surface area (Å²) in [5.74, 6) is 0.826. The second kappa shape index (κ2) is 5.99. The molecule has 1 heterocycles. The van der Waals surface area contributed by atoms with Gasteiger partial charge < -0.3 is 15.3 Å². The molecule has 0 radical (unpaired) electrons. The fourth-order valence-corrected chi connectivity index (χ4v) is 3.76. The van der Waals surface area contributed by atoms with Gasteiger partial charge in [0.15, 0.2) is 0 Å². The Hall–Kier alpha value is -2.04. The van der Waals surface area contributed by atoms with E-state index in [2.05, 4.69) is 5.32 Å². The van der Waals surface area contributed by atoms with Gasteiger partial charge in [0.2, 0.25) is 5.91 Å². The van der Waals surface area contributed by atoms with Crippen molar-refractivity contribution in [3.8, 4) is 5.75 Å². The van der Waals surface area contributed by atoms with Crippen molar-refractivity contribution in [2.45, 2.75) is 32.6 Å². The SMILES string of the molecule is CC(=O)Nc1ccc(C(=O)N2C[C@H]3CCC[C@@H](C3)C2)c(O)c1. The van der Waals surface area contributed by atoms with Crippen molar-refractivity contribution in [2.24, 2.45) is 11.8 Å². The lowest BCUT2D eigenvalue weighted by atomic mass is 9.78. The summed E-state index contributed by atoms with van der Waals surface area (Å²) in [4.78, 5) is 25.6. The van der Waals surface area contributed by atoms with Crippen molar-refractivity contribution in [1.82, 2.24) is 4.90 Å². The van der Waals surface area contributed by atoms with Crippen LogP contribution in [0.1, 0.15) is 43.0 Å². The van der Waals surface area contributed by atoms with E-state index in [9.17, 15) is 14.7 Å². The number of aromatic hydroxyl groups is 1. The third kappa shape index (κ3) is 3.08. The minimum Gasteiger partial charge on any atom is -0.507 e. The van der Waals surface area contributed by atoms with Gasteiger partial charge in [-0.1, -0.05) is 6.42 Å². The number of amides is 2. The molecule has 2 aliphatic rings. The van der Waals surface area contributed by atoms with Crippen LogP contribution in [0.3, 0.4) is 0 Å². The number of hydrogen-bond donors (Lipinski definition) is 2. The third-order valence-electron chi connectivity index (χ3n) is 4.68. The number of piperidine rings is 1. The average molecular weight is 302 g/mol. The van der Waals surface area contributed by atoms with Crippen LogP contribution in [0.5, 0.6) is 5.75 Å². The maximum absolute atomic E-state index is 12.7. The number of phenols is 1. The minimum atomic E-state index is -0.206. The van der Waals surface area contributed by atoms with E-state index in [1.54, 1.807) is 12.1 Å². The van der Waals surface area contributed by atoms with E-state index in [1.807, 2.05) is 4.90 Å². The molecule has 0 spiro atoms. The molecule has 2 N–H and O–H groups in total. The molecule has 1 aromatic carbocycles. The van der Waals surface area contributed by atoms with E-state index in [4.69, 9.17) is 0 Å². The van der Waals surface area contributed by atoms with Crippen LogP contribution in [0.25, 0.3) is 0 Å². The van der Waals surface area contributed by atoms with Crippen LogP contribution in [0.4, 0.5) is 5.69 Å². The van der Waals surface area contributed by atoms with Crippen molar-refractivity contribution < 1.29 is 14.7 Å². The standard InChI is InChI=1S/C17H22N2O3/c1-11(20)18-14-5-6-15(16(21)8-14)17(22)19-9-12-3-2-4-13(7-12)10-19/h5-6,8,12-13,21H,2-4,7,9-10H2,1H3,(H,18,20)/t12-,13-/m0/s1. The molecule has 1 aliphatic heterocycles. The molecular formula is C17H22N2O3. The summed E-state index contributed by atoms with van der Waals surface area (Å²) in [5.41, 5.74) is 0.811. The predicted molar refractivity (Wildman–Crippen MR) is 83.8 cm³/mol. The van der Waals surface area contributed by atoms with E-state index < -0.39 is 0 Å². The summed E-state index contributed by atoms with van der Waals surface area (Å²) in [6, 6.07) is 4.67. The fraction of sp³-hybridized carbons (Fsp3) is 0.529. The van der Waals surface area contributed by atoms with Gasteiger partial charge >= 0.3 is 0 Å². The Kier molecular flexibility index (Phi) is 4.05. The topological polar surface area (TPSA) is 69.6 Å². The van der Waals surface area contributed by atoms with E-state index in [1.165, 1.54) is 38.7 Å². The Balaban J connectivity index is 1.75. The molecule has 22 heavy (non-hydrogen) atoms. The lowest BCUT2D eigenvalue weighted by molar-refractivity contribution is -0.114. The molecule has 1 aliphatic carbocycles. The molecule has 2 amide bonds. The van der Waals surface area contributed by atoms with Crippen LogP contribution in [0, 0.1) is 11.8 Å². The number of rotatable bonds is 2. The van der Waals surface area contributed by atoms with Gasteiger partial charge in [0.25, 0.3) is 5.91 Å². The first kappa shape index (κ1) is 14.9. The fourth-order valence-electron chi connectivity index (χ4n) is 3.76. The third-order valence-corrected chi connectivity index (χ3v) is 4.68. The van der Waals surface area contributed by atoms with Gasteiger partial charge in [0.1, 0.15) is 5.75 Å². The molecule has 1 saturated carbocycles. The maximum Gasteiger partial charge on any atom is 0.257 e. The summed E-state index contributed by atoms with van der Waals surface area (Å²) in [6.45, 7) is 2.99. The molecule has 2 fully saturated rings. The summed E-state index contributed by atoms with van der Waals surface area (Å²) in [7, 11) is 0. The first-order valence-electron chi connectivity index (χ1n) is 7.93. The van der Waals surface area contributed by atoms with Crippen molar-refractivity contribution in [1.29, 1.82) is 0 Å². The molecule has 0 unspecified atom stereocenters. The largest absolute Gasteiger partial charge is 0.507 e. The maximum atomic E-state index is 12.7. The van der Waals surface area contributed by atoms with Crippen molar-refractivity contribution >= 4 is 17.5 Å². The lowest BCUT2D eigenvalue weighted by Crippen LogP contribution is -2.45. The number of carbonyl (C=O) groups excluding carboxylic acids is 2. The lowest BCUT2D eigenvalue weighted by Gasteiger charge is -2.41. The van der Waals surface area contributed by atoms with Gasteiger partial charge in [-0.2, -0.15) is 0 Å². The minimum absolute atomic E-state index is 0.0769. The highest BCUT2D eigenvalue weighted by Gasteiger charge is 2.33. The van der Waals surface area contributed by atoms with E-state index in [0.717, 1.165) is 13.1 Å². The molecule has 2 atom stereocenters. The summed E-state index contributed by atoms with van der Waals surface area (Å²) in [5, 5.41) is 12.7. The first-order chi connectivity index (χ1) is 10.5. The van der Waals surface area contributed by atoms with Crippen LogP contribution >= 0.6 is 0 Å². The second-order valence-electron chi connectivity index (χ2n) is 6.52. The normalized spacial score (nSPS) is 24.0. The molecule has 1 saturated heterocycles. The number of benzene rings is 1. The van der Waals surface area contributed by atoms with E-state index in [-0.39, 0.29) is 17.6 Å². The van der Waals surface area contributed by atoms with Crippen LogP contribution in [0.15, 0.2) is 18.2 Å². The smallest absolute Gasteiger partial charge is 0.257 e. The zero-order valence-corrected chi connectivity index (χ0v) is 12.8. The monoisotopic (exact) mass is 302 g/mol. The van der Waals surface area contributed by atoms with Gasteiger partial charge in [-0.15, -0.1) is 0 Å².